The first-order valence-electron chi connectivity index (χ1n) is 7.84. The molecule has 0 saturated carbocycles. The minimum Gasteiger partial charge on any atom is -0.383 e. The summed E-state index contributed by atoms with van der Waals surface area (Å²) >= 11 is 0. The number of rotatable bonds is 2. The van der Waals surface area contributed by atoms with Crippen LogP contribution in [-0.2, 0) is 25.6 Å². The molecule has 5 nitrogen and oxygen atoms in total. The number of nitrogens with zero attached hydrogens (tertiary/aromatic N) is 4. The SMILES string of the molecule is Cn1ccc(-n2nc(C(F)(F)F)c(-c3cc(C(F)(F)F)cc(C(F)(F)F)c3)c2N)n1. The summed E-state index contributed by atoms with van der Waals surface area (Å²) in [5.41, 5.74) is -1.80. The molecule has 1 aromatic carbocycles. The molecule has 30 heavy (non-hydrogen) atoms. The first kappa shape index (κ1) is 21.5. The molecule has 0 amide bonds. The number of hydrogen-bond donors (Lipinski definition) is 1. The second-order valence-corrected chi connectivity index (χ2v) is 6.16. The molecule has 0 aliphatic heterocycles. The van der Waals surface area contributed by atoms with Gasteiger partial charge in [0, 0.05) is 19.3 Å². The number of nitrogens with two attached hydrogens (primary N) is 1. The van der Waals surface area contributed by atoms with Crippen molar-refractivity contribution in [3.8, 4) is 16.9 Å². The van der Waals surface area contributed by atoms with E-state index in [0.29, 0.717) is 4.68 Å². The molecule has 0 atom stereocenters. The Morgan fingerprint density at radius 1 is 0.800 bits per heavy atom. The number of nitrogen functional groups attached to an aromatic ring is 1. The third kappa shape index (κ3) is 3.93. The van der Waals surface area contributed by atoms with Gasteiger partial charge in [-0.15, -0.1) is 0 Å². The average molecular weight is 443 g/mol. The third-order valence-corrected chi connectivity index (χ3v) is 3.98. The van der Waals surface area contributed by atoms with Crippen LogP contribution in [0.25, 0.3) is 16.9 Å². The van der Waals surface area contributed by atoms with E-state index in [-0.39, 0.29) is 24.0 Å². The highest BCUT2D eigenvalue weighted by Crippen LogP contribution is 2.44. The smallest absolute Gasteiger partial charge is 0.383 e. The lowest BCUT2D eigenvalue weighted by Gasteiger charge is -2.15. The van der Waals surface area contributed by atoms with Crippen LogP contribution in [-0.4, -0.2) is 19.6 Å². The van der Waals surface area contributed by atoms with E-state index in [1.165, 1.54) is 24.0 Å². The summed E-state index contributed by atoms with van der Waals surface area (Å²) in [5, 5.41) is 7.05. The molecule has 0 saturated heterocycles. The maximum Gasteiger partial charge on any atom is 0.435 e. The van der Waals surface area contributed by atoms with Gasteiger partial charge in [0.05, 0.1) is 16.7 Å². The highest BCUT2D eigenvalue weighted by molar-refractivity contribution is 5.79. The monoisotopic (exact) mass is 443 g/mol. The zero-order valence-corrected chi connectivity index (χ0v) is 14.7. The van der Waals surface area contributed by atoms with Crippen LogP contribution in [0.3, 0.4) is 0 Å². The van der Waals surface area contributed by atoms with Gasteiger partial charge in [-0.3, -0.25) is 4.68 Å². The standard InChI is InChI=1S/C16H10F9N5/c1-29-3-2-10(27-29)30-13(26)11(12(28-30)16(23,24)25)7-4-8(14(17,18)19)6-9(5-7)15(20,21)22/h2-6H,26H2,1H3. The van der Waals surface area contributed by atoms with Crippen molar-refractivity contribution in [3.63, 3.8) is 0 Å². The third-order valence-electron chi connectivity index (χ3n) is 3.98. The Labute approximate surface area is 161 Å². The summed E-state index contributed by atoms with van der Waals surface area (Å²) < 4.78 is 121. The predicted octanol–water partition coefficient (Wildman–Crippen LogP) is 4.91. The molecule has 162 valence electrons. The van der Waals surface area contributed by atoms with Crippen molar-refractivity contribution < 1.29 is 39.5 Å². The first-order chi connectivity index (χ1) is 13.6. The molecule has 0 bridgehead atoms. The van der Waals surface area contributed by atoms with E-state index in [0.717, 1.165) is 0 Å². The molecule has 2 heterocycles. The quantitative estimate of drug-likeness (QED) is 0.573. The average Bonchev–Trinajstić information content (AvgIpc) is 3.15. The van der Waals surface area contributed by atoms with Crippen molar-refractivity contribution in [1.82, 2.24) is 19.6 Å². The fraction of sp³-hybridized carbons (Fsp3) is 0.250. The minimum absolute atomic E-state index is 0.153. The van der Waals surface area contributed by atoms with Gasteiger partial charge in [0.25, 0.3) is 0 Å². The number of anilines is 1. The Hall–Kier alpha value is -3.19. The van der Waals surface area contributed by atoms with Gasteiger partial charge in [-0.1, -0.05) is 0 Å². The molecule has 2 aromatic heterocycles. The molecule has 0 radical (unpaired) electrons. The van der Waals surface area contributed by atoms with Gasteiger partial charge in [0.2, 0.25) is 0 Å². The first-order valence-corrected chi connectivity index (χ1v) is 7.84. The van der Waals surface area contributed by atoms with Crippen LogP contribution in [0, 0.1) is 0 Å². The summed E-state index contributed by atoms with van der Waals surface area (Å²) in [6, 6.07) is 1.32. The summed E-state index contributed by atoms with van der Waals surface area (Å²) in [4.78, 5) is 0. The number of alkyl halides is 9. The molecule has 3 aromatic rings. The van der Waals surface area contributed by atoms with Crippen LogP contribution in [0.5, 0.6) is 0 Å². The summed E-state index contributed by atoms with van der Waals surface area (Å²) in [7, 11) is 1.43. The molecule has 2 N–H and O–H groups in total. The van der Waals surface area contributed by atoms with Gasteiger partial charge in [-0.2, -0.15) is 54.4 Å². The second-order valence-electron chi connectivity index (χ2n) is 6.16. The van der Waals surface area contributed by atoms with Gasteiger partial charge in [-0.05, 0) is 23.8 Å². The van der Waals surface area contributed by atoms with Crippen LogP contribution in [0.2, 0.25) is 0 Å². The molecule has 14 heteroatoms. The van der Waals surface area contributed by atoms with E-state index in [1.54, 1.807) is 0 Å². The lowest BCUT2D eigenvalue weighted by molar-refractivity contribution is -0.143. The molecular formula is C16H10F9N5. The van der Waals surface area contributed by atoms with Gasteiger partial charge >= 0.3 is 18.5 Å². The second kappa shape index (κ2) is 6.67. The van der Waals surface area contributed by atoms with Crippen molar-refractivity contribution in [2.75, 3.05) is 5.73 Å². The van der Waals surface area contributed by atoms with E-state index in [2.05, 4.69) is 10.2 Å². The van der Waals surface area contributed by atoms with Crippen molar-refractivity contribution in [1.29, 1.82) is 0 Å². The minimum atomic E-state index is -5.25. The summed E-state index contributed by atoms with van der Waals surface area (Å²) in [6.45, 7) is 0. The molecule has 0 fully saturated rings. The van der Waals surface area contributed by atoms with Gasteiger partial charge in [0.1, 0.15) is 5.82 Å². The van der Waals surface area contributed by atoms with E-state index in [4.69, 9.17) is 5.73 Å². The van der Waals surface area contributed by atoms with Crippen molar-refractivity contribution in [3.05, 3.63) is 47.3 Å². The van der Waals surface area contributed by atoms with Gasteiger partial charge in [0.15, 0.2) is 11.5 Å². The lowest BCUT2D eigenvalue weighted by Crippen LogP contribution is -2.12. The van der Waals surface area contributed by atoms with E-state index < -0.39 is 52.3 Å². The van der Waals surface area contributed by atoms with Gasteiger partial charge in [-0.25, -0.2) is 0 Å². The molecule has 0 aliphatic carbocycles. The molecule has 0 spiro atoms. The van der Waals surface area contributed by atoms with Gasteiger partial charge < -0.3 is 5.73 Å². The molecule has 3 rings (SSSR count). The largest absolute Gasteiger partial charge is 0.435 e. The summed E-state index contributed by atoms with van der Waals surface area (Å²) in [6.07, 6.45) is -14.4. The fourth-order valence-corrected chi connectivity index (χ4v) is 2.70. The van der Waals surface area contributed by atoms with Crippen LogP contribution in [0.1, 0.15) is 16.8 Å². The highest BCUT2D eigenvalue weighted by atomic mass is 19.4. The lowest BCUT2D eigenvalue weighted by atomic mass is 9.98. The number of aromatic nitrogens is 4. The Kier molecular flexibility index (Phi) is 4.78. The number of aryl methyl sites for hydroxylation is 1. The maximum atomic E-state index is 13.5. The number of halogens is 9. The Morgan fingerprint density at radius 3 is 1.73 bits per heavy atom. The van der Waals surface area contributed by atoms with Crippen molar-refractivity contribution >= 4 is 5.82 Å². The Bertz CT molecular complexity index is 1050. The highest BCUT2D eigenvalue weighted by Gasteiger charge is 2.42. The van der Waals surface area contributed by atoms with E-state index in [9.17, 15) is 39.5 Å². The van der Waals surface area contributed by atoms with Crippen molar-refractivity contribution in [2.24, 2.45) is 7.05 Å². The van der Waals surface area contributed by atoms with Crippen LogP contribution in [0.15, 0.2) is 30.5 Å². The number of benzene rings is 1. The summed E-state index contributed by atoms with van der Waals surface area (Å²) in [5.74, 6) is -1.04. The Morgan fingerprint density at radius 2 is 1.33 bits per heavy atom. The molecule has 0 unspecified atom stereocenters. The van der Waals surface area contributed by atoms with Crippen LogP contribution in [0.4, 0.5) is 45.3 Å². The zero-order valence-electron chi connectivity index (χ0n) is 14.7. The normalized spacial score (nSPS) is 13.1. The van der Waals surface area contributed by atoms with E-state index >= 15 is 0 Å². The van der Waals surface area contributed by atoms with Crippen molar-refractivity contribution in [2.45, 2.75) is 18.5 Å². The van der Waals surface area contributed by atoms with E-state index in [1.807, 2.05) is 0 Å². The molecular weight excluding hydrogens is 433 g/mol. The number of hydrogen-bond acceptors (Lipinski definition) is 3. The van der Waals surface area contributed by atoms with Crippen LogP contribution >= 0.6 is 0 Å². The Balaban J connectivity index is 2.36. The zero-order chi connectivity index (χ0) is 22.6. The maximum absolute atomic E-state index is 13.5. The predicted molar refractivity (Wildman–Crippen MR) is 85.2 cm³/mol. The topological polar surface area (TPSA) is 61.7 Å². The van der Waals surface area contributed by atoms with Crippen LogP contribution < -0.4 is 5.73 Å². The molecule has 0 aliphatic rings. The fourth-order valence-electron chi connectivity index (χ4n) is 2.70.